The minimum Gasteiger partial charge on any atom is -0.288 e. The van der Waals surface area contributed by atoms with Crippen LogP contribution in [0.4, 0.5) is 8.78 Å². The van der Waals surface area contributed by atoms with Gasteiger partial charge in [-0.1, -0.05) is 57.2 Å². The fraction of sp³-hybridized carbons (Fsp3) is 0.333. The van der Waals surface area contributed by atoms with Crippen molar-refractivity contribution < 1.29 is 18.4 Å². The maximum Gasteiger partial charge on any atom is 0.258 e. The first-order valence-electron chi connectivity index (χ1n) is 9.66. The molecule has 1 unspecified atom stereocenters. The molecule has 0 saturated carbocycles. The van der Waals surface area contributed by atoms with Crippen LogP contribution in [-0.2, 0) is 9.59 Å². The number of carbonyl (C=O) groups is 2. The number of amides is 2. The second kappa shape index (κ2) is 9.59. The third kappa shape index (κ3) is 6.08. The first kappa shape index (κ1) is 22.5. The van der Waals surface area contributed by atoms with E-state index in [0.717, 1.165) is 11.6 Å². The van der Waals surface area contributed by atoms with E-state index in [0.29, 0.717) is 12.0 Å². The lowest BCUT2D eigenvalue weighted by Gasteiger charge is -2.20. The highest BCUT2D eigenvalue weighted by atomic mass is 19.1. The monoisotopic (exact) mass is 399 g/mol. The van der Waals surface area contributed by atoms with E-state index >= 15 is 0 Å². The topological polar surface area (TPSA) is 46.2 Å². The summed E-state index contributed by atoms with van der Waals surface area (Å²) in [5.41, 5.74) is 2.08. The molecule has 1 atom stereocenters. The van der Waals surface area contributed by atoms with E-state index in [-0.39, 0.29) is 29.1 Å². The Bertz CT molecular complexity index is 905. The molecule has 0 aliphatic heterocycles. The van der Waals surface area contributed by atoms with Gasteiger partial charge in [-0.25, -0.2) is 8.78 Å². The highest BCUT2D eigenvalue weighted by Gasteiger charge is 2.27. The molecule has 0 aromatic heterocycles. The molecule has 5 heteroatoms. The van der Waals surface area contributed by atoms with Crippen LogP contribution >= 0.6 is 0 Å². The molecule has 1 aliphatic carbocycles. The maximum atomic E-state index is 14.6. The highest BCUT2D eigenvalue weighted by molar-refractivity contribution is 6.13. The summed E-state index contributed by atoms with van der Waals surface area (Å²) in [7, 11) is 0. The summed E-state index contributed by atoms with van der Waals surface area (Å²) in [6.45, 7) is 11.1. The molecule has 1 aliphatic rings. The van der Waals surface area contributed by atoms with Crippen molar-refractivity contribution in [3.63, 3.8) is 0 Å². The number of allylic oxidation sites excluding steroid dienone is 3. The lowest BCUT2D eigenvalue weighted by Crippen LogP contribution is -2.33. The predicted molar refractivity (Wildman–Crippen MR) is 112 cm³/mol. The first-order chi connectivity index (χ1) is 13.6. The number of nitrogens with one attached hydrogen (secondary N) is 1. The fourth-order valence-corrected chi connectivity index (χ4v) is 3.05. The Kier molecular flexibility index (Phi) is 7.43. The third-order valence-corrected chi connectivity index (χ3v) is 4.69. The molecule has 29 heavy (non-hydrogen) atoms. The van der Waals surface area contributed by atoms with Gasteiger partial charge >= 0.3 is 0 Å². The van der Waals surface area contributed by atoms with Crippen LogP contribution < -0.4 is 5.32 Å². The Morgan fingerprint density at radius 2 is 1.83 bits per heavy atom. The normalized spacial score (nSPS) is 17.3. The third-order valence-electron chi connectivity index (χ3n) is 4.69. The molecule has 0 radical (unpaired) electrons. The average Bonchev–Trinajstić information content (AvgIpc) is 2.63. The van der Waals surface area contributed by atoms with Crippen LogP contribution in [0.15, 0.2) is 65.3 Å². The van der Waals surface area contributed by atoms with Gasteiger partial charge in [-0.3, -0.25) is 14.9 Å². The molecular weight excluding hydrogens is 372 g/mol. The second-order valence-corrected chi connectivity index (χ2v) is 7.91. The van der Waals surface area contributed by atoms with Crippen LogP contribution in [0.2, 0.25) is 0 Å². The van der Waals surface area contributed by atoms with Crippen molar-refractivity contribution in [1.82, 2.24) is 5.32 Å². The van der Waals surface area contributed by atoms with E-state index < -0.39 is 29.4 Å². The largest absolute Gasteiger partial charge is 0.288 e. The van der Waals surface area contributed by atoms with E-state index in [9.17, 15) is 18.4 Å². The molecule has 154 valence electrons. The fourth-order valence-electron chi connectivity index (χ4n) is 3.05. The van der Waals surface area contributed by atoms with E-state index in [2.05, 4.69) is 11.9 Å². The Morgan fingerprint density at radius 1 is 1.21 bits per heavy atom. The summed E-state index contributed by atoms with van der Waals surface area (Å²) < 4.78 is 28.3. The van der Waals surface area contributed by atoms with E-state index in [4.69, 9.17) is 0 Å². The van der Waals surface area contributed by atoms with Gasteiger partial charge in [-0.15, -0.1) is 0 Å². The Balaban J connectivity index is 2.41. The molecular formula is C24H27F2NO2. The quantitative estimate of drug-likeness (QED) is 0.620. The second-order valence-electron chi connectivity index (χ2n) is 7.91. The number of carbonyl (C=O) groups excluding carboxylic acids is 2. The Morgan fingerprint density at radius 3 is 2.41 bits per heavy atom. The van der Waals surface area contributed by atoms with Gasteiger partial charge in [0.25, 0.3) is 11.8 Å². The number of imide groups is 1. The van der Waals surface area contributed by atoms with Gasteiger partial charge in [0.1, 0.15) is 11.7 Å². The molecule has 2 rings (SSSR count). The number of halogens is 2. The van der Waals surface area contributed by atoms with Crippen molar-refractivity contribution in [2.24, 2.45) is 11.8 Å². The van der Waals surface area contributed by atoms with Crippen molar-refractivity contribution in [2.45, 2.75) is 40.5 Å². The van der Waals surface area contributed by atoms with Gasteiger partial charge in [-0.2, -0.15) is 0 Å². The molecule has 0 bridgehead atoms. The summed E-state index contributed by atoms with van der Waals surface area (Å²) in [5.74, 6) is -3.03. The zero-order chi connectivity index (χ0) is 21.7. The summed E-state index contributed by atoms with van der Waals surface area (Å²) in [4.78, 5) is 25.2. The summed E-state index contributed by atoms with van der Waals surface area (Å²) in [5, 5.41) is 2.30. The predicted octanol–water partition coefficient (Wildman–Crippen LogP) is 5.74. The Labute approximate surface area is 170 Å². The number of aryl methyl sites for hydroxylation is 1. The minimum absolute atomic E-state index is 0.00708. The van der Waals surface area contributed by atoms with Gasteiger partial charge in [0, 0.05) is 28.7 Å². The molecule has 0 fully saturated rings. The summed E-state index contributed by atoms with van der Waals surface area (Å²) in [6, 6.07) is 7.32. The summed E-state index contributed by atoms with van der Waals surface area (Å²) >= 11 is 0. The van der Waals surface area contributed by atoms with Gasteiger partial charge in [-0.05, 0) is 37.3 Å². The molecule has 1 aromatic carbocycles. The maximum absolute atomic E-state index is 14.6. The zero-order valence-corrected chi connectivity index (χ0v) is 17.3. The van der Waals surface area contributed by atoms with Crippen LogP contribution in [0.5, 0.6) is 0 Å². The molecule has 3 nitrogen and oxygen atoms in total. The summed E-state index contributed by atoms with van der Waals surface area (Å²) in [6.07, 6.45) is 2.80. The molecule has 0 spiro atoms. The van der Waals surface area contributed by atoms with Crippen LogP contribution in [0.3, 0.4) is 0 Å². The average molecular weight is 399 g/mol. The van der Waals surface area contributed by atoms with E-state index in [1.165, 1.54) is 6.08 Å². The van der Waals surface area contributed by atoms with Crippen molar-refractivity contribution in [3.05, 3.63) is 76.4 Å². The van der Waals surface area contributed by atoms with Crippen molar-refractivity contribution in [2.75, 3.05) is 0 Å². The Hall–Kier alpha value is -2.82. The molecule has 1 aromatic rings. The first-order valence-corrected chi connectivity index (χ1v) is 9.66. The van der Waals surface area contributed by atoms with Gasteiger partial charge < -0.3 is 0 Å². The van der Waals surface area contributed by atoms with Crippen molar-refractivity contribution in [1.29, 1.82) is 0 Å². The molecule has 0 saturated heterocycles. The molecule has 1 N–H and O–H groups in total. The van der Waals surface area contributed by atoms with Crippen molar-refractivity contribution >= 4 is 17.9 Å². The number of rotatable bonds is 6. The zero-order valence-electron chi connectivity index (χ0n) is 17.3. The SMILES string of the molecule is C=C(CC(C)C)C(=O)NC(=O)/C(=C/c1ccc(C)cc1)C1=C(F)C=C(F)C(C)C1. The lowest BCUT2D eigenvalue weighted by atomic mass is 9.88. The van der Waals surface area contributed by atoms with Crippen LogP contribution in [0.1, 0.15) is 44.7 Å². The van der Waals surface area contributed by atoms with Crippen LogP contribution in [0, 0.1) is 18.8 Å². The van der Waals surface area contributed by atoms with Gasteiger partial charge in [0.2, 0.25) is 0 Å². The molecule has 0 heterocycles. The van der Waals surface area contributed by atoms with Crippen molar-refractivity contribution in [3.8, 4) is 0 Å². The van der Waals surface area contributed by atoms with Gasteiger partial charge in [0.05, 0.1) is 0 Å². The van der Waals surface area contributed by atoms with Crippen LogP contribution in [-0.4, -0.2) is 11.8 Å². The number of hydrogen-bond donors (Lipinski definition) is 1. The van der Waals surface area contributed by atoms with E-state index in [1.54, 1.807) is 19.1 Å². The highest BCUT2D eigenvalue weighted by Crippen LogP contribution is 2.35. The lowest BCUT2D eigenvalue weighted by molar-refractivity contribution is -0.126. The van der Waals surface area contributed by atoms with Gasteiger partial charge in [0.15, 0.2) is 0 Å². The standard InChI is InChI=1S/C24H27F2NO2/c1-14(2)10-17(5)23(28)27-24(29)20(12-18-8-6-15(3)7-9-18)19-11-16(4)21(25)13-22(19)26/h6-9,12-14,16H,5,10-11H2,1-4H3,(H,27,28,29)/b20-12+. The molecule has 2 amide bonds. The number of benzene rings is 1. The minimum atomic E-state index is -0.803. The van der Waals surface area contributed by atoms with E-state index in [1.807, 2.05) is 32.9 Å². The smallest absolute Gasteiger partial charge is 0.258 e. The number of hydrogen-bond acceptors (Lipinski definition) is 2. The van der Waals surface area contributed by atoms with Crippen LogP contribution in [0.25, 0.3) is 6.08 Å².